The molecular formula is C29H38N8. The Morgan fingerprint density at radius 3 is 1.92 bits per heavy atom. The first-order chi connectivity index (χ1) is 18.0. The van der Waals surface area contributed by atoms with Crippen molar-refractivity contribution in [3.63, 3.8) is 0 Å². The smallest absolute Gasteiger partial charge is 0.232 e. The molecule has 0 bridgehead atoms. The molecule has 4 heterocycles. The minimum Gasteiger partial charge on any atom is -0.371 e. The molecule has 0 amide bonds. The van der Waals surface area contributed by atoms with E-state index in [0.29, 0.717) is 12.1 Å². The molecule has 194 valence electrons. The quantitative estimate of drug-likeness (QED) is 0.412. The Labute approximate surface area is 219 Å². The first-order valence-corrected chi connectivity index (χ1v) is 13.5. The Morgan fingerprint density at radius 2 is 1.30 bits per heavy atom. The molecule has 2 aromatic carbocycles. The molecule has 2 saturated heterocycles. The topological polar surface area (TPSA) is 56.0 Å². The first kappa shape index (κ1) is 24.1. The molecule has 0 radical (unpaired) electrons. The van der Waals surface area contributed by atoms with Crippen molar-refractivity contribution < 1.29 is 0 Å². The molecule has 0 unspecified atom stereocenters. The van der Waals surface area contributed by atoms with Gasteiger partial charge in [0.2, 0.25) is 5.95 Å². The van der Waals surface area contributed by atoms with Crippen LogP contribution in [0, 0.1) is 0 Å². The molecule has 6 rings (SSSR count). The standard InChI is InChI=1S/C29H38N8/c1-33(2)23-11-15-35(16-12-23)25-8-5-21(6-9-25)22-7-10-26-27(19-22)37-28(20-30-26)31-32-29(37)36-17-13-24(14-18-36)34(3)4/h5-10,19-20,23-24H,11-18H2,1-4H3. The van der Waals surface area contributed by atoms with Crippen molar-refractivity contribution in [1.29, 1.82) is 0 Å². The van der Waals surface area contributed by atoms with Crippen LogP contribution in [0.5, 0.6) is 0 Å². The van der Waals surface area contributed by atoms with E-state index in [0.717, 1.165) is 61.6 Å². The number of benzene rings is 2. The van der Waals surface area contributed by atoms with Gasteiger partial charge in [0.25, 0.3) is 0 Å². The number of anilines is 2. The molecular weight excluding hydrogens is 460 g/mol. The third kappa shape index (κ3) is 4.64. The average Bonchev–Trinajstić information content (AvgIpc) is 3.38. The van der Waals surface area contributed by atoms with Crippen molar-refractivity contribution >= 4 is 28.3 Å². The Hall–Kier alpha value is -3.23. The average molecular weight is 499 g/mol. The van der Waals surface area contributed by atoms with E-state index in [1.165, 1.54) is 29.7 Å². The van der Waals surface area contributed by atoms with E-state index in [1.807, 2.05) is 6.20 Å². The van der Waals surface area contributed by atoms with Gasteiger partial charge in [-0.3, -0.25) is 9.38 Å². The molecule has 37 heavy (non-hydrogen) atoms. The van der Waals surface area contributed by atoms with Gasteiger partial charge in [-0.25, -0.2) is 0 Å². The van der Waals surface area contributed by atoms with E-state index in [2.05, 4.69) is 110 Å². The van der Waals surface area contributed by atoms with Crippen molar-refractivity contribution in [2.75, 3.05) is 64.2 Å². The van der Waals surface area contributed by atoms with Crippen LogP contribution in [-0.2, 0) is 0 Å². The summed E-state index contributed by atoms with van der Waals surface area (Å²) in [6.45, 7) is 4.20. The van der Waals surface area contributed by atoms with Gasteiger partial charge in [-0.05, 0) is 89.3 Å². The van der Waals surface area contributed by atoms with Crippen molar-refractivity contribution in [3.8, 4) is 11.1 Å². The van der Waals surface area contributed by atoms with Crippen LogP contribution < -0.4 is 9.80 Å². The zero-order valence-corrected chi connectivity index (χ0v) is 22.5. The molecule has 2 aromatic heterocycles. The largest absolute Gasteiger partial charge is 0.371 e. The van der Waals surface area contributed by atoms with Crippen LogP contribution in [0.3, 0.4) is 0 Å². The molecule has 4 aromatic rings. The zero-order valence-electron chi connectivity index (χ0n) is 22.5. The van der Waals surface area contributed by atoms with Gasteiger partial charge >= 0.3 is 0 Å². The molecule has 0 aliphatic carbocycles. The van der Waals surface area contributed by atoms with Gasteiger partial charge in [-0.1, -0.05) is 18.2 Å². The Morgan fingerprint density at radius 1 is 0.703 bits per heavy atom. The second-order valence-electron chi connectivity index (χ2n) is 11.1. The Balaban J connectivity index is 1.28. The molecule has 2 aliphatic rings. The predicted molar refractivity (Wildman–Crippen MR) is 152 cm³/mol. The van der Waals surface area contributed by atoms with Crippen LogP contribution in [-0.4, -0.2) is 95.8 Å². The number of fused-ring (bicyclic) bond motifs is 3. The van der Waals surface area contributed by atoms with E-state index in [1.54, 1.807) is 0 Å². The van der Waals surface area contributed by atoms with Gasteiger partial charge in [0.05, 0.1) is 17.2 Å². The number of hydrogen-bond donors (Lipinski definition) is 0. The van der Waals surface area contributed by atoms with E-state index >= 15 is 0 Å². The molecule has 0 atom stereocenters. The SMILES string of the molecule is CN(C)C1CCN(c2ccc(-c3ccc4ncc5nnc(N6CCC(N(C)C)CC6)n5c4c3)cc2)CC1. The number of piperidine rings is 2. The maximum atomic E-state index is 4.67. The van der Waals surface area contributed by atoms with Gasteiger partial charge in [0, 0.05) is 44.0 Å². The van der Waals surface area contributed by atoms with Crippen LogP contribution in [0.2, 0.25) is 0 Å². The summed E-state index contributed by atoms with van der Waals surface area (Å²) in [5, 5.41) is 9.07. The lowest BCUT2D eigenvalue weighted by Crippen LogP contribution is -2.42. The molecule has 0 saturated carbocycles. The third-order valence-corrected chi connectivity index (χ3v) is 8.44. The highest BCUT2D eigenvalue weighted by atomic mass is 15.4. The van der Waals surface area contributed by atoms with Gasteiger partial charge in [0.1, 0.15) is 0 Å². The monoisotopic (exact) mass is 498 g/mol. The van der Waals surface area contributed by atoms with Crippen LogP contribution in [0.25, 0.3) is 27.8 Å². The summed E-state index contributed by atoms with van der Waals surface area (Å²) in [6.07, 6.45) is 6.54. The molecule has 8 nitrogen and oxygen atoms in total. The van der Waals surface area contributed by atoms with Crippen LogP contribution >= 0.6 is 0 Å². The van der Waals surface area contributed by atoms with Crippen LogP contribution in [0.15, 0.2) is 48.7 Å². The molecule has 2 fully saturated rings. The van der Waals surface area contributed by atoms with E-state index in [-0.39, 0.29) is 0 Å². The lowest BCUT2D eigenvalue weighted by atomic mass is 10.0. The van der Waals surface area contributed by atoms with E-state index in [4.69, 9.17) is 0 Å². The van der Waals surface area contributed by atoms with Gasteiger partial charge in [-0.15, -0.1) is 10.2 Å². The highest BCUT2D eigenvalue weighted by Crippen LogP contribution is 2.30. The highest BCUT2D eigenvalue weighted by molar-refractivity contribution is 5.84. The normalized spacial score (nSPS) is 18.1. The lowest BCUT2D eigenvalue weighted by molar-refractivity contribution is 0.249. The maximum absolute atomic E-state index is 4.67. The summed E-state index contributed by atoms with van der Waals surface area (Å²) in [5.74, 6) is 0.924. The second-order valence-corrected chi connectivity index (χ2v) is 11.1. The lowest BCUT2D eigenvalue weighted by Gasteiger charge is -2.36. The van der Waals surface area contributed by atoms with Crippen molar-refractivity contribution in [1.82, 2.24) is 29.4 Å². The fraction of sp³-hybridized carbons (Fsp3) is 0.483. The zero-order chi connectivity index (χ0) is 25.5. The summed E-state index contributed by atoms with van der Waals surface area (Å²) < 4.78 is 2.19. The fourth-order valence-corrected chi connectivity index (χ4v) is 6.01. The summed E-state index contributed by atoms with van der Waals surface area (Å²) >= 11 is 0. The fourth-order valence-electron chi connectivity index (χ4n) is 6.01. The van der Waals surface area contributed by atoms with Gasteiger partial charge < -0.3 is 19.6 Å². The maximum Gasteiger partial charge on any atom is 0.232 e. The number of aromatic nitrogens is 4. The first-order valence-electron chi connectivity index (χ1n) is 13.5. The van der Waals surface area contributed by atoms with Crippen molar-refractivity contribution in [2.45, 2.75) is 37.8 Å². The summed E-state index contributed by atoms with van der Waals surface area (Å²) in [5.41, 5.74) is 6.53. The molecule has 0 spiro atoms. The number of nitrogens with zero attached hydrogens (tertiary/aromatic N) is 8. The third-order valence-electron chi connectivity index (χ3n) is 8.44. The summed E-state index contributed by atoms with van der Waals surface area (Å²) in [7, 11) is 8.73. The number of hydrogen-bond acceptors (Lipinski definition) is 7. The van der Waals surface area contributed by atoms with E-state index in [9.17, 15) is 0 Å². The van der Waals surface area contributed by atoms with Crippen molar-refractivity contribution in [3.05, 3.63) is 48.7 Å². The second kappa shape index (κ2) is 9.91. The molecule has 2 aliphatic heterocycles. The van der Waals surface area contributed by atoms with Gasteiger partial charge in [0.15, 0.2) is 5.65 Å². The predicted octanol–water partition coefficient (Wildman–Crippen LogP) is 4.01. The summed E-state index contributed by atoms with van der Waals surface area (Å²) in [4.78, 5) is 14.3. The minimum absolute atomic E-state index is 0.628. The minimum atomic E-state index is 0.628. The van der Waals surface area contributed by atoms with Crippen molar-refractivity contribution in [2.24, 2.45) is 0 Å². The van der Waals surface area contributed by atoms with E-state index < -0.39 is 0 Å². The highest BCUT2D eigenvalue weighted by Gasteiger charge is 2.25. The van der Waals surface area contributed by atoms with Gasteiger partial charge in [-0.2, -0.15) is 0 Å². The Bertz CT molecular complexity index is 1360. The van der Waals surface area contributed by atoms with Crippen LogP contribution in [0.4, 0.5) is 11.6 Å². The molecule has 8 heteroatoms. The summed E-state index contributed by atoms with van der Waals surface area (Å²) in [6, 6.07) is 16.9. The molecule has 0 N–H and O–H groups in total. The van der Waals surface area contributed by atoms with Crippen LogP contribution in [0.1, 0.15) is 25.7 Å². The Kier molecular flexibility index (Phi) is 6.46. The number of rotatable bonds is 5.